The molecule has 6 heteroatoms. The molecule has 0 spiro atoms. The second-order valence-electron chi connectivity index (χ2n) is 4.22. The minimum Gasteiger partial charge on any atom is -0.475 e. The van der Waals surface area contributed by atoms with E-state index in [1.165, 1.54) is 17.8 Å². The van der Waals surface area contributed by atoms with Crippen LogP contribution >= 0.6 is 23.1 Å². The van der Waals surface area contributed by atoms with Gasteiger partial charge in [-0.25, -0.2) is 9.78 Å². The number of carbonyl (C=O) groups is 1. The third-order valence-corrected chi connectivity index (χ3v) is 4.61. The molecule has 0 fully saturated rings. The first kappa shape index (κ1) is 13.9. The molecule has 0 amide bonds. The van der Waals surface area contributed by atoms with Crippen molar-refractivity contribution in [3.63, 3.8) is 0 Å². The van der Waals surface area contributed by atoms with E-state index in [9.17, 15) is 4.79 Å². The third kappa shape index (κ3) is 3.34. The highest BCUT2D eigenvalue weighted by atomic mass is 32.2. The van der Waals surface area contributed by atoms with E-state index < -0.39 is 5.97 Å². The molecule has 3 aromatic rings. The number of thioether (sulfide) groups is 1. The number of aromatic nitrogens is 1. The van der Waals surface area contributed by atoms with Gasteiger partial charge in [-0.1, -0.05) is 42.1 Å². The van der Waals surface area contributed by atoms with Crippen molar-refractivity contribution >= 4 is 29.1 Å². The first-order chi connectivity index (χ1) is 10.2. The lowest BCUT2D eigenvalue weighted by Gasteiger charge is -1.95. The summed E-state index contributed by atoms with van der Waals surface area (Å²) in [6.07, 6.45) is 0. The Bertz CT molecular complexity index is 749. The number of furan rings is 1. The average molecular weight is 317 g/mol. The molecule has 0 radical (unpaired) electrons. The highest BCUT2D eigenvalue weighted by Crippen LogP contribution is 2.28. The maximum Gasteiger partial charge on any atom is 0.371 e. The highest BCUT2D eigenvalue weighted by molar-refractivity contribution is 7.98. The Balaban J connectivity index is 1.66. The molecule has 0 aliphatic carbocycles. The molecule has 0 bridgehead atoms. The Morgan fingerprint density at radius 2 is 2.05 bits per heavy atom. The Labute approximate surface area is 129 Å². The lowest BCUT2D eigenvalue weighted by Crippen LogP contribution is -1.91. The largest absolute Gasteiger partial charge is 0.475 e. The van der Waals surface area contributed by atoms with E-state index in [1.54, 1.807) is 17.4 Å². The van der Waals surface area contributed by atoms with Crippen molar-refractivity contribution in [2.75, 3.05) is 0 Å². The molecule has 1 N–H and O–H groups in total. The molecule has 0 unspecified atom stereocenters. The molecule has 21 heavy (non-hydrogen) atoms. The van der Waals surface area contributed by atoms with Crippen LogP contribution in [-0.4, -0.2) is 16.1 Å². The number of rotatable bonds is 5. The maximum absolute atomic E-state index is 10.7. The van der Waals surface area contributed by atoms with E-state index in [1.807, 2.05) is 35.7 Å². The molecule has 2 aromatic heterocycles. The number of benzene rings is 1. The molecule has 0 saturated heterocycles. The topological polar surface area (TPSA) is 63.3 Å². The summed E-state index contributed by atoms with van der Waals surface area (Å²) in [5.41, 5.74) is 2.06. The summed E-state index contributed by atoms with van der Waals surface area (Å²) in [6.45, 7) is 0. The smallest absolute Gasteiger partial charge is 0.371 e. The van der Waals surface area contributed by atoms with Crippen LogP contribution in [0.3, 0.4) is 0 Å². The standard InChI is InChI=1S/C15H11NO3S2/c17-15(18)12-6-7-13(19-12)20-8-11-9-21-14(16-11)10-4-2-1-3-5-10/h1-7,9H,8H2,(H,17,18). The number of carboxylic acids is 1. The number of hydrogen-bond donors (Lipinski definition) is 1. The molecule has 0 saturated carbocycles. The van der Waals surface area contributed by atoms with Crippen molar-refractivity contribution in [3.8, 4) is 10.6 Å². The van der Waals surface area contributed by atoms with E-state index in [-0.39, 0.29) is 5.76 Å². The fourth-order valence-electron chi connectivity index (χ4n) is 1.74. The molecule has 0 aliphatic rings. The van der Waals surface area contributed by atoms with Gasteiger partial charge in [-0.2, -0.15) is 0 Å². The summed E-state index contributed by atoms with van der Waals surface area (Å²) in [5.74, 6) is -0.446. The number of thiazole rings is 1. The number of hydrogen-bond acceptors (Lipinski definition) is 5. The van der Waals surface area contributed by atoms with E-state index in [0.29, 0.717) is 10.8 Å². The Morgan fingerprint density at radius 3 is 2.76 bits per heavy atom. The van der Waals surface area contributed by atoms with Gasteiger partial charge in [-0.15, -0.1) is 11.3 Å². The van der Waals surface area contributed by atoms with E-state index in [4.69, 9.17) is 9.52 Å². The van der Waals surface area contributed by atoms with Crippen molar-refractivity contribution < 1.29 is 14.3 Å². The summed E-state index contributed by atoms with van der Waals surface area (Å²) in [4.78, 5) is 15.3. The van der Waals surface area contributed by atoms with Crippen molar-refractivity contribution in [1.29, 1.82) is 0 Å². The molecule has 4 nitrogen and oxygen atoms in total. The van der Waals surface area contributed by atoms with Gasteiger partial charge in [0.25, 0.3) is 0 Å². The van der Waals surface area contributed by atoms with Crippen LogP contribution in [0.2, 0.25) is 0 Å². The summed E-state index contributed by atoms with van der Waals surface area (Å²) in [5, 5.41) is 12.4. The molecule has 106 valence electrons. The first-order valence-electron chi connectivity index (χ1n) is 6.18. The van der Waals surface area contributed by atoms with Gasteiger partial charge in [0.15, 0.2) is 5.09 Å². The minimum atomic E-state index is -1.05. The quantitative estimate of drug-likeness (QED) is 0.707. The fraction of sp³-hybridized carbons (Fsp3) is 0.0667. The zero-order valence-corrected chi connectivity index (χ0v) is 12.5. The number of nitrogens with zero attached hydrogens (tertiary/aromatic N) is 1. The van der Waals surface area contributed by atoms with Gasteiger partial charge in [-0.05, 0) is 12.1 Å². The molecule has 0 atom stereocenters. The molecular formula is C15H11NO3S2. The average Bonchev–Trinajstić information content (AvgIpc) is 3.15. The minimum absolute atomic E-state index is 0.0410. The molecule has 1 aromatic carbocycles. The lowest BCUT2D eigenvalue weighted by atomic mass is 10.2. The van der Waals surface area contributed by atoms with Gasteiger partial charge < -0.3 is 9.52 Å². The van der Waals surface area contributed by atoms with Crippen molar-refractivity contribution in [2.45, 2.75) is 10.8 Å². The third-order valence-electron chi connectivity index (χ3n) is 2.73. The maximum atomic E-state index is 10.7. The van der Waals surface area contributed by atoms with Crippen LogP contribution in [0.1, 0.15) is 16.2 Å². The summed E-state index contributed by atoms with van der Waals surface area (Å²) >= 11 is 3.03. The van der Waals surface area contributed by atoms with Crippen LogP contribution in [0.15, 0.2) is 57.4 Å². The molecule has 3 rings (SSSR count). The Kier molecular flexibility index (Phi) is 4.08. The van der Waals surface area contributed by atoms with Gasteiger partial charge >= 0.3 is 5.97 Å². The monoisotopic (exact) mass is 317 g/mol. The zero-order valence-electron chi connectivity index (χ0n) is 10.9. The van der Waals surface area contributed by atoms with Crippen LogP contribution in [0.25, 0.3) is 10.6 Å². The van der Waals surface area contributed by atoms with E-state index in [2.05, 4.69) is 4.98 Å². The Hall–Kier alpha value is -2.05. The fourth-order valence-corrected chi connectivity index (χ4v) is 3.43. The lowest BCUT2D eigenvalue weighted by molar-refractivity contribution is 0.0656. The zero-order chi connectivity index (χ0) is 14.7. The normalized spacial score (nSPS) is 10.7. The van der Waals surface area contributed by atoms with Gasteiger partial charge in [0, 0.05) is 16.7 Å². The predicted octanol–water partition coefficient (Wildman–Crippen LogP) is 4.39. The van der Waals surface area contributed by atoms with Crippen LogP contribution in [0, 0.1) is 0 Å². The SMILES string of the molecule is O=C(O)c1ccc(SCc2csc(-c3ccccc3)n2)o1. The van der Waals surface area contributed by atoms with Crippen LogP contribution < -0.4 is 0 Å². The van der Waals surface area contributed by atoms with Gasteiger partial charge in [-0.3, -0.25) is 0 Å². The molecule has 2 heterocycles. The second kappa shape index (κ2) is 6.15. The summed E-state index contributed by atoms with van der Waals surface area (Å²) in [6, 6.07) is 13.1. The van der Waals surface area contributed by atoms with Crippen LogP contribution in [0.4, 0.5) is 0 Å². The molecule has 0 aliphatic heterocycles. The number of aromatic carboxylic acids is 1. The second-order valence-corrected chi connectivity index (χ2v) is 6.06. The van der Waals surface area contributed by atoms with Gasteiger partial charge in [0.2, 0.25) is 5.76 Å². The van der Waals surface area contributed by atoms with Crippen molar-refractivity contribution in [1.82, 2.24) is 4.98 Å². The summed E-state index contributed by atoms with van der Waals surface area (Å²) < 4.78 is 5.20. The van der Waals surface area contributed by atoms with Gasteiger partial charge in [0.05, 0.1) is 5.69 Å². The summed E-state index contributed by atoms with van der Waals surface area (Å²) in [7, 11) is 0. The number of carboxylic acid groups (broad SMARTS) is 1. The van der Waals surface area contributed by atoms with Crippen LogP contribution in [0.5, 0.6) is 0 Å². The van der Waals surface area contributed by atoms with Crippen LogP contribution in [-0.2, 0) is 5.75 Å². The van der Waals surface area contributed by atoms with E-state index in [0.717, 1.165) is 16.3 Å². The predicted molar refractivity (Wildman–Crippen MR) is 82.8 cm³/mol. The first-order valence-corrected chi connectivity index (χ1v) is 8.04. The van der Waals surface area contributed by atoms with E-state index >= 15 is 0 Å². The Morgan fingerprint density at radius 1 is 1.24 bits per heavy atom. The van der Waals surface area contributed by atoms with Crippen molar-refractivity contribution in [3.05, 3.63) is 59.3 Å². The molecular weight excluding hydrogens is 306 g/mol. The van der Waals surface area contributed by atoms with Gasteiger partial charge in [0.1, 0.15) is 5.01 Å². The van der Waals surface area contributed by atoms with Crippen molar-refractivity contribution in [2.24, 2.45) is 0 Å². The highest BCUT2D eigenvalue weighted by Gasteiger charge is 2.10.